The van der Waals surface area contributed by atoms with E-state index in [9.17, 15) is 0 Å². The summed E-state index contributed by atoms with van der Waals surface area (Å²) in [5.41, 5.74) is 0.882. The summed E-state index contributed by atoms with van der Waals surface area (Å²) < 4.78 is 5.96. The Morgan fingerprint density at radius 3 is 2.07 bits per heavy atom. The molecule has 0 bridgehead atoms. The monoisotopic (exact) mass is 208 g/mol. The standard InChI is InChI=1S/C14H24O/c1-9-5-6-10(2)14(9)7-11(3)13(4)12(8-14)15-13/h9-12H,5-8H2,1-4H3. The maximum atomic E-state index is 5.96. The number of fused-ring (bicyclic) bond motifs is 1. The number of rotatable bonds is 0. The Bertz CT molecular complexity index is 275. The molecule has 0 aromatic rings. The first kappa shape index (κ1) is 10.1. The van der Waals surface area contributed by atoms with Crippen molar-refractivity contribution in [2.75, 3.05) is 0 Å². The number of hydrogen-bond donors (Lipinski definition) is 0. The molecule has 2 saturated carbocycles. The van der Waals surface area contributed by atoms with Crippen LogP contribution in [0.4, 0.5) is 0 Å². The lowest BCUT2D eigenvalue weighted by Gasteiger charge is -2.44. The van der Waals surface area contributed by atoms with Gasteiger partial charge in [-0.25, -0.2) is 0 Å². The Labute approximate surface area is 93.6 Å². The van der Waals surface area contributed by atoms with Crippen molar-refractivity contribution >= 4 is 0 Å². The van der Waals surface area contributed by atoms with Gasteiger partial charge in [0.25, 0.3) is 0 Å². The average Bonchev–Trinajstić information content (AvgIpc) is 2.78. The van der Waals surface area contributed by atoms with Gasteiger partial charge in [-0.1, -0.05) is 20.8 Å². The van der Waals surface area contributed by atoms with Crippen LogP contribution in [-0.4, -0.2) is 11.7 Å². The fourth-order valence-electron chi connectivity index (χ4n) is 4.52. The van der Waals surface area contributed by atoms with Gasteiger partial charge in [-0.15, -0.1) is 0 Å². The Morgan fingerprint density at radius 2 is 1.53 bits per heavy atom. The van der Waals surface area contributed by atoms with Gasteiger partial charge in [0.1, 0.15) is 0 Å². The van der Waals surface area contributed by atoms with E-state index < -0.39 is 0 Å². The zero-order chi connectivity index (χ0) is 10.8. The summed E-state index contributed by atoms with van der Waals surface area (Å²) in [7, 11) is 0. The minimum atomic E-state index is 0.257. The molecule has 1 spiro atoms. The summed E-state index contributed by atoms with van der Waals surface area (Å²) in [6, 6.07) is 0. The minimum Gasteiger partial charge on any atom is -0.366 e. The van der Waals surface area contributed by atoms with Gasteiger partial charge < -0.3 is 4.74 Å². The molecule has 1 saturated heterocycles. The van der Waals surface area contributed by atoms with Crippen molar-refractivity contribution in [3.63, 3.8) is 0 Å². The van der Waals surface area contributed by atoms with Crippen LogP contribution in [0.5, 0.6) is 0 Å². The van der Waals surface area contributed by atoms with Crippen molar-refractivity contribution in [2.45, 2.75) is 65.1 Å². The Kier molecular flexibility index (Phi) is 1.89. The molecule has 3 rings (SSSR count). The van der Waals surface area contributed by atoms with Crippen LogP contribution in [0.25, 0.3) is 0 Å². The molecule has 86 valence electrons. The maximum Gasteiger partial charge on any atom is 0.0946 e. The smallest absolute Gasteiger partial charge is 0.0946 e. The topological polar surface area (TPSA) is 12.5 Å². The van der Waals surface area contributed by atoms with Crippen LogP contribution in [0.2, 0.25) is 0 Å². The quantitative estimate of drug-likeness (QED) is 0.554. The molecule has 3 fully saturated rings. The van der Waals surface area contributed by atoms with E-state index in [1.165, 1.54) is 25.7 Å². The third-order valence-electron chi connectivity index (χ3n) is 6.20. The molecule has 5 unspecified atom stereocenters. The highest BCUT2D eigenvalue weighted by Gasteiger charge is 2.65. The lowest BCUT2D eigenvalue weighted by molar-refractivity contribution is 0.0634. The van der Waals surface area contributed by atoms with Gasteiger partial charge in [-0.2, -0.15) is 0 Å². The van der Waals surface area contributed by atoms with Gasteiger partial charge in [0.2, 0.25) is 0 Å². The van der Waals surface area contributed by atoms with Crippen LogP contribution in [-0.2, 0) is 4.74 Å². The minimum absolute atomic E-state index is 0.257. The molecule has 0 aromatic heterocycles. The van der Waals surface area contributed by atoms with Gasteiger partial charge in [-0.3, -0.25) is 0 Å². The molecule has 1 heteroatoms. The van der Waals surface area contributed by atoms with E-state index in [0.717, 1.165) is 17.8 Å². The lowest BCUT2D eigenvalue weighted by Crippen LogP contribution is -2.42. The highest BCUT2D eigenvalue weighted by molar-refractivity contribution is 5.13. The largest absolute Gasteiger partial charge is 0.366 e. The Morgan fingerprint density at radius 1 is 0.933 bits per heavy atom. The molecule has 3 aliphatic rings. The SMILES string of the molecule is CC1CCC(C)C12CC(C)C1(C)OC1C2. The van der Waals surface area contributed by atoms with Gasteiger partial charge in [0.05, 0.1) is 11.7 Å². The Balaban J connectivity index is 1.89. The van der Waals surface area contributed by atoms with Crippen molar-refractivity contribution in [3.05, 3.63) is 0 Å². The summed E-state index contributed by atoms with van der Waals surface area (Å²) in [6.07, 6.45) is 6.22. The van der Waals surface area contributed by atoms with Crippen molar-refractivity contribution < 1.29 is 4.74 Å². The second-order valence-electron chi connectivity index (χ2n) is 6.71. The predicted molar refractivity (Wildman–Crippen MR) is 61.7 cm³/mol. The highest BCUT2D eigenvalue weighted by Crippen LogP contribution is 2.64. The number of epoxide rings is 1. The van der Waals surface area contributed by atoms with Crippen LogP contribution >= 0.6 is 0 Å². The van der Waals surface area contributed by atoms with Gasteiger partial charge >= 0.3 is 0 Å². The van der Waals surface area contributed by atoms with E-state index in [2.05, 4.69) is 27.7 Å². The molecule has 1 aliphatic heterocycles. The molecule has 0 aromatic carbocycles. The van der Waals surface area contributed by atoms with Gasteiger partial charge in [0.15, 0.2) is 0 Å². The van der Waals surface area contributed by atoms with E-state index in [-0.39, 0.29) is 5.60 Å². The third-order valence-corrected chi connectivity index (χ3v) is 6.20. The molecule has 5 atom stereocenters. The molecule has 0 amide bonds. The van der Waals surface area contributed by atoms with E-state index in [1.807, 2.05) is 0 Å². The predicted octanol–water partition coefficient (Wildman–Crippen LogP) is 3.63. The van der Waals surface area contributed by atoms with Crippen LogP contribution in [0, 0.1) is 23.2 Å². The summed E-state index contributed by atoms with van der Waals surface area (Å²) in [4.78, 5) is 0. The van der Waals surface area contributed by atoms with Crippen molar-refractivity contribution in [3.8, 4) is 0 Å². The first-order valence-electron chi connectivity index (χ1n) is 6.67. The normalized spacial score (nSPS) is 63.2. The summed E-state index contributed by atoms with van der Waals surface area (Å²) in [6.45, 7) is 9.67. The third kappa shape index (κ3) is 1.13. The van der Waals surface area contributed by atoms with Crippen molar-refractivity contribution in [1.29, 1.82) is 0 Å². The zero-order valence-electron chi connectivity index (χ0n) is 10.5. The molecule has 1 nitrogen and oxygen atoms in total. The van der Waals surface area contributed by atoms with Crippen LogP contribution in [0.3, 0.4) is 0 Å². The van der Waals surface area contributed by atoms with E-state index in [0.29, 0.717) is 11.5 Å². The van der Waals surface area contributed by atoms with Crippen LogP contribution in [0.15, 0.2) is 0 Å². The van der Waals surface area contributed by atoms with E-state index in [1.54, 1.807) is 0 Å². The second-order valence-corrected chi connectivity index (χ2v) is 6.71. The first-order chi connectivity index (χ1) is 6.99. The first-order valence-corrected chi connectivity index (χ1v) is 6.67. The number of ether oxygens (including phenoxy) is 1. The zero-order valence-corrected chi connectivity index (χ0v) is 10.5. The molecule has 0 N–H and O–H groups in total. The van der Waals surface area contributed by atoms with E-state index in [4.69, 9.17) is 4.74 Å². The van der Waals surface area contributed by atoms with E-state index >= 15 is 0 Å². The molecule has 1 heterocycles. The van der Waals surface area contributed by atoms with Crippen molar-refractivity contribution in [1.82, 2.24) is 0 Å². The molecular weight excluding hydrogens is 184 g/mol. The van der Waals surface area contributed by atoms with Crippen molar-refractivity contribution in [2.24, 2.45) is 23.2 Å². The fourth-order valence-corrected chi connectivity index (χ4v) is 4.52. The van der Waals surface area contributed by atoms with Gasteiger partial charge in [0, 0.05) is 0 Å². The lowest BCUT2D eigenvalue weighted by atomic mass is 9.59. The van der Waals surface area contributed by atoms with Crippen LogP contribution < -0.4 is 0 Å². The fraction of sp³-hybridized carbons (Fsp3) is 1.00. The average molecular weight is 208 g/mol. The summed E-state index contributed by atoms with van der Waals surface area (Å²) >= 11 is 0. The van der Waals surface area contributed by atoms with Gasteiger partial charge in [-0.05, 0) is 55.8 Å². The van der Waals surface area contributed by atoms with Crippen LogP contribution in [0.1, 0.15) is 53.4 Å². The highest BCUT2D eigenvalue weighted by atomic mass is 16.6. The second kappa shape index (κ2) is 2.80. The maximum absolute atomic E-state index is 5.96. The molecule has 15 heavy (non-hydrogen) atoms. The summed E-state index contributed by atoms with van der Waals surface area (Å²) in [5, 5.41) is 0. The number of hydrogen-bond acceptors (Lipinski definition) is 1. The molecule has 2 aliphatic carbocycles. The Hall–Kier alpha value is -0.0400. The summed E-state index contributed by atoms with van der Waals surface area (Å²) in [5.74, 6) is 2.60. The molecule has 0 radical (unpaired) electrons. The molecular formula is C14H24O.